The van der Waals surface area contributed by atoms with Gasteiger partial charge in [-0.2, -0.15) is 5.10 Å². The molecule has 0 aromatic carbocycles. The maximum absolute atomic E-state index is 11.3. The fourth-order valence-electron chi connectivity index (χ4n) is 1.05. The van der Waals surface area contributed by atoms with E-state index in [1.807, 2.05) is 20.8 Å². The third-order valence-corrected chi connectivity index (χ3v) is 1.84. The van der Waals surface area contributed by atoms with E-state index in [9.17, 15) is 4.79 Å². The van der Waals surface area contributed by atoms with Crippen LogP contribution in [0.15, 0.2) is 5.10 Å². The zero-order chi connectivity index (χ0) is 11.4. The van der Waals surface area contributed by atoms with E-state index < -0.39 is 0 Å². The van der Waals surface area contributed by atoms with Gasteiger partial charge < -0.3 is 5.32 Å². The van der Waals surface area contributed by atoms with E-state index in [0.717, 1.165) is 5.71 Å². The Bertz CT molecular complexity index is 301. The molecule has 0 spiro atoms. The smallest absolute Gasteiger partial charge is 0.356 e. The molecule has 84 valence electrons. The second kappa shape index (κ2) is 4.92. The Morgan fingerprint density at radius 1 is 1.67 bits per heavy atom. The zero-order valence-corrected chi connectivity index (χ0v) is 9.81. The third-order valence-electron chi connectivity index (χ3n) is 1.63. The Kier molecular flexibility index (Phi) is 3.84. The van der Waals surface area contributed by atoms with Crippen molar-refractivity contribution in [1.29, 1.82) is 0 Å². The van der Waals surface area contributed by atoms with Crippen molar-refractivity contribution in [3.63, 3.8) is 0 Å². The van der Waals surface area contributed by atoms with Crippen LogP contribution in [0.2, 0.25) is 0 Å². The Morgan fingerprint density at radius 3 is 2.93 bits per heavy atom. The molecule has 0 saturated heterocycles. The van der Waals surface area contributed by atoms with E-state index >= 15 is 0 Å². The molecule has 1 rings (SSSR count). The number of carbonyl (C=O) groups is 1. The fourth-order valence-corrected chi connectivity index (χ4v) is 1.39. The molecule has 0 saturated carbocycles. The lowest BCUT2D eigenvalue weighted by molar-refractivity contribution is 0.191. The van der Waals surface area contributed by atoms with Gasteiger partial charge in [0.1, 0.15) is 0 Å². The lowest BCUT2D eigenvalue weighted by Crippen LogP contribution is -2.57. The topological polar surface area (TPSA) is 68.8 Å². The van der Waals surface area contributed by atoms with Gasteiger partial charge in [-0.3, -0.25) is 5.43 Å². The second-order valence-electron chi connectivity index (χ2n) is 3.59. The summed E-state index contributed by atoms with van der Waals surface area (Å²) in [6, 6.07) is -0.0823. The van der Waals surface area contributed by atoms with E-state index in [1.165, 1.54) is 5.01 Å². The van der Waals surface area contributed by atoms with Crippen LogP contribution >= 0.6 is 12.2 Å². The molecule has 2 amide bonds. The molecule has 0 bridgehead atoms. The van der Waals surface area contributed by atoms with Crippen LogP contribution in [0, 0.1) is 0 Å². The summed E-state index contributed by atoms with van der Waals surface area (Å²) in [7, 11) is 0. The molecule has 0 atom stereocenters. The van der Waals surface area contributed by atoms with Gasteiger partial charge >= 0.3 is 6.03 Å². The van der Waals surface area contributed by atoms with Crippen molar-refractivity contribution < 1.29 is 4.79 Å². The van der Waals surface area contributed by atoms with Crippen LogP contribution < -0.4 is 16.2 Å². The molecule has 1 aliphatic rings. The minimum atomic E-state index is -0.312. The van der Waals surface area contributed by atoms with Crippen molar-refractivity contribution in [3.8, 4) is 0 Å². The number of carbonyl (C=O) groups excluding carboxylic acids is 1. The lowest BCUT2D eigenvalue weighted by atomic mass is 10.4. The number of hydrogen-bond acceptors (Lipinski definition) is 3. The maximum Gasteiger partial charge on any atom is 0.356 e. The predicted octanol–water partition coefficient (Wildman–Crippen LogP) is 0.175. The summed E-state index contributed by atoms with van der Waals surface area (Å²) < 4.78 is 0. The Balaban J connectivity index is 2.48. The molecule has 6 nitrogen and oxygen atoms in total. The molecule has 0 aromatic heterocycles. The first-order valence-electron chi connectivity index (χ1n) is 4.67. The van der Waals surface area contributed by atoms with Gasteiger partial charge in [-0.1, -0.05) is 0 Å². The number of thiocarbonyl (C=S) groups is 1. The van der Waals surface area contributed by atoms with Gasteiger partial charge in [0.05, 0.1) is 12.3 Å². The van der Waals surface area contributed by atoms with E-state index in [-0.39, 0.29) is 12.1 Å². The highest BCUT2D eigenvalue weighted by molar-refractivity contribution is 7.80. The second-order valence-corrected chi connectivity index (χ2v) is 4.00. The molecule has 0 aliphatic carbocycles. The molecule has 15 heavy (non-hydrogen) atoms. The first kappa shape index (κ1) is 11.7. The monoisotopic (exact) mass is 229 g/mol. The van der Waals surface area contributed by atoms with Crippen molar-refractivity contribution in [1.82, 2.24) is 21.2 Å². The van der Waals surface area contributed by atoms with Crippen LogP contribution in [0.5, 0.6) is 0 Å². The van der Waals surface area contributed by atoms with Crippen molar-refractivity contribution >= 4 is 29.1 Å². The molecular weight excluding hydrogens is 214 g/mol. The first-order chi connectivity index (χ1) is 6.99. The standard InChI is InChI=1S/C8H15N5OS/c1-5(2)9-7(15)12-13-4-6(3)10-11-8(13)14/h5H,4H2,1-3H3,(H,11,14)(H2,9,12,15). The summed E-state index contributed by atoms with van der Waals surface area (Å²) in [5.41, 5.74) is 5.97. The van der Waals surface area contributed by atoms with E-state index in [4.69, 9.17) is 12.2 Å². The van der Waals surface area contributed by atoms with E-state index in [1.54, 1.807) is 0 Å². The van der Waals surface area contributed by atoms with Gasteiger partial charge in [0.15, 0.2) is 5.11 Å². The Morgan fingerprint density at radius 2 is 2.33 bits per heavy atom. The number of hydrazine groups is 1. The van der Waals surface area contributed by atoms with Crippen LogP contribution in [-0.4, -0.2) is 34.5 Å². The molecule has 0 radical (unpaired) electrons. The van der Waals surface area contributed by atoms with Crippen molar-refractivity contribution in [2.75, 3.05) is 6.54 Å². The molecule has 1 aliphatic heterocycles. The van der Waals surface area contributed by atoms with Crippen LogP contribution in [0.1, 0.15) is 20.8 Å². The summed E-state index contributed by atoms with van der Waals surface area (Å²) >= 11 is 5.02. The molecular formula is C8H15N5OS. The summed E-state index contributed by atoms with van der Waals surface area (Å²) in [5, 5.41) is 8.59. The van der Waals surface area contributed by atoms with Crippen LogP contribution in [0.25, 0.3) is 0 Å². The number of nitrogens with zero attached hydrogens (tertiary/aromatic N) is 2. The van der Waals surface area contributed by atoms with Gasteiger partial charge in [0.2, 0.25) is 0 Å². The van der Waals surface area contributed by atoms with E-state index in [0.29, 0.717) is 11.7 Å². The van der Waals surface area contributed by atoms with Crippen LogP contribution in [0.4, 0.5) is 4.79 Å². The normalized spacial score (nSPS) is 15.9. The van der Waals surface area contributed by atoms with Gasteiger partial charge in [0.25, 0.3) is 0 Å². The number of hydrazone groups is 1. The third kappa shape index (κ3) is 3.70. The molecule has 3 N–H and O–H groups in total. The summed E-state index contributed by atoms with van der Waals surface area (Å²) in [6.07, 6.45) is 0. The van der Waals surface area contributed by atoms with Gasteiger partial charge in [-0.05, 0) is 33.0 Å². The molecule has 0 unspecified atom stereocenters. The quantitative estimate of drug-likeness (QED) is 0.591. The Hall–Kier alpha value is -1.37. The minimum Gasteiger partial charge on any atom is -0.359 e. The first-order valence-corrected chi connectivity index (χ1v) is 5.07. The molecule has 1 heterocycles. The Labute approximate surface area is 94.1 Å². The number of rotatable bonds is 2. The number of urea groups is 1. The number of hydrogen-bond donors (Lipinski definition) is 3. The van der Waals surface area contributed by atoms with Gasteiger partial charge in [-0.25, -0.2) is 15.2 Å². The highest BCUT2D eigenvalue weighted by atomic mass is 32.1. The molecule has 0 aromatic rings. The largest absolute Gasteiger partial charge is 0.359 e. The van der Waals surface area contributed by atoms with Crippen molar-refractivity contribution in [2.24, 2.45) is 5.10 Å². The number of amides is 2. The summed E-state index contributed by atoms with van der Waals surface area (Å²) in [6.45, 7) is 6.19. The average molecular weight is 229 g/mol. The van der Waals surface area contributed by atoms with Crippen molar-refractivity contribution in [3.05, 3.63) is 0 Å². The maximum atomic E-state index is 11.3. The SMILES string of the molecule is CC1=NNC(=O)N(NC(=S)NC(C)C)C1. The zero-order valence-electron chi connectivity index (χ0n) is 9.00. The summed E-state index contributed by atoms with van der Waals surface area (Å²) in [4.78, 5) is 11.3. The average Bonchev–Trinajstić information content (AvgIpc) is 2.10. The molecule has 7 heteroatoms. The van der Waals surface area contributed by atoms with Gasteiger partial charge in [0, 0.05) is 6.04 Å². The van der Waals surface area contributed by atoms with Crippen LogP contribution in [0.3, 0.4) is 0 Å². The van der Waals surface area contributed by atoms with Crippen molar-refractivity contribution in [2.45, 2.75) is 26.8 Å². The highest BCUT2D eigenvalue weighted by Gasteiger charge is 2.19. The van der Waals surface area contributed by atoms with Gasteiger partial charge in [-0.15, -0.1) is 0 Å². The molecule has 0 fully saturated rings. The fraction of sp³-hybridized carbons (Fsp3) is 0.625. The summed E-state index contributed by atoms with van der Waals surface area (Å²) in [5.74, 6) is 0. The highest BCUT2D eigenvalue weighted by Crippen LogP contribution is 1.93. The number of nitrogens with one attached hydrogen (secondary N) is 3. The van der Waals surface area contributed by atoms with E-state index in [2.05, 4.69) is 21.3 Å². The van der Waals surface area contributed by atoms with Crippen LogP contribution in [-0.2, 0) is 0 Å². The minimum absolute atomic E-state index is 0.229. The predicted molar refractivity (Wildman–Crippen MR) is 62.4 cm³/mol. The lowest BCUT2D eigenvalue weighted by Gasteiger charge is -2.27.